The minimum absolute atomic E-state index is 0.0370. The summed E-state index contributed by atoms with van der Waals surface area (Å²) in [6.07, 6.45) is 0.450. The van der Waals surface area contributed by atoms with Gasteiger partial charge < -0.3 is 19.1 Å². The molecule has 250 valence electrons. The summed E-state index contributed by atoms with van der Waals surface area (Å²) in [5, 5.41) is 4.71. The number of rotatable bonds is 11. The Morgan fingerprint density at radius 1 is 1.13 bits per heavy atom. The van der Waals surface area contributed by atoms with E-state index in [1.807, 2.05) is 0 Å². The fourth-order valence-electron chi connectivity index (χ4n) is 6.75. The normalized spacial score (nSPS) is 21.5. The summed E-state index contributed by atoms with van der Waals surface area (Å²) in [5.74, 6) is -0.653. The molecule has 2 saturated heterocycles. The number of carbonyl (C=O) groups excluding carboxylic acids is 1. The Hall–Kier alpha value is -3.60. The van der Waals surface area contributed by atoms with Crippen molar-refractivity contribution in [3.8, 4) is 11.3 Å². The quantitative estimate of drug-likeness (QED) is 0.106. The van der Waals surface area contributed by atoms with Gasteiger partial charge in [0.2, 0.25) is 6.41 Å². The van der Waals surface area contributed by atoms with Crippen molar-refractivity contribution < 1.29 is 44.6 Å². The third-order valence-corrected chi connectivity index (χ3v) is 10.8. The number of amides is 1. The number of carbonyl (C=O) groups is 1. The van der Waals surface area contributed by atoms with Crippen LogP contribution in [0.15, 0.2) is 40.9 Å². The molecular weight excluding hydrogens is 664 g/mol. The summed E-state index contributed by atoms with van der Waals surface area (Å²) in [6.45, 7) is -0.273. The van der Waals surface area contributed by atoms with Crippen LogP contribution >= 0.6 is 11.3 Å². The number of nitrogens with zero attached hydrogens (tertiary/aromatic N) is 4. The van der Waals surface area contributed by atoms with Crippen molar-refractivity contribution >= 4 is 48.9 Å². The minimum Gasteiger partial charge on any atom is -0.373 e. The number of benzene rings is 2. The van der Waals surface area contributed by atoms with Gasteiger partial charge in [-0.05, 0) is 56.7 Å². The molecule has 1 aliphatic carbocycles. The number of thiazole rings is 1. The van der Waals surface area contributed by atoms with Gasteiger partial charge in [0.05, 0.1) is 28.7 Å². The van der Waals surface area contributed by atoms with E-state index < -0.39 is 33.4 Å². The van der Waals surface area contributed by atoms with Crippen molar-refractivity contribution in [1.29, 1.82) is 0 Å². The fraction of sp³-hybridized carbons (Fsp3) is 0.452. The van der Waals surface area contributed by atoms with Crippen LogP contribution in [-0.4, -0.2) is 60.0 Å². The lowest BCUT2D eigenvalue weighted by Gasteiger charge is -2.38. The molecule has 2 aliphatic heterocycles. The Kier molecular flexibility index (Phi) is 8.25. The van der Waals surface area contributed by atoms with Gasteiger partial charge in [0.25, 0.3) is 10.1 Å². The van der Waals surface area contributed by atoms with Crippen LogP contribution < -0.4 is 9.80 Å². The van der Waals surface area contributed by atoms with Gasteiger partial charge in [-0.1, -0.05) is 34.7 Å². The number of fused-ring (bicyclic) bond motifs is 3. The van der Waals surface area contributed by atoms with Crippen LogP contribution in [0.1, 0.15) is 61.3 Å². The van der Waals surface area contributed by atoms with Crippen LogP contribution in [-0.2, 0) is 32.4 Å². The number of hydrogen-bond donors (Lipinski definition) is 1. The minimum atomic E-state index is -4.55. The molecule has 2 bridgehead atoms. The number of aromatic nitrogens is 2. The van der Waals surface area contributed by atoms with Gasteiger partial charge >= 0.3 is 6.18 Å². The first-order valence-electron chi connectivity index (χ1n) is 15.2. The molecule has 10 nitrogen and oxygen atoms in total. The van der Waals surface area contributed by atoms with E-state index in [9.17, 15) is 26.4 Å². The van der Waals surface area contributed by atoms with Gasteiger partial charge in [0, 0.05) is 41.4 Å². The van der Waals surface area contributed by atoms with Crippen molar-refractivity contribution in [3.05, 3.63) is 59.1 Å². The van der Waals surface area contributed by atoms with Crippen molar-refractivity contribution in [2.45, 2.75) is 75.4 Å². The maximum atomic E-state index is 15.2. The standard InChI is InChI=1S/C31H30F4N4O6S2/c32-25-13-20(38(16-40)9-10-47(41,42)43)14-26-28(25)36-30(46-26)39-18-7-8-19(39)12-21(11-18)44-15-23-27(37-45-29(23)17-5-6-17)22-3-1-2-4-24(22)31(33,34)35/h1-4,13-14,16-19,21H,5-12,15H2,(H,41,42,43). The van der Waals surface area contributed by atoms with Crippen LogP contribution in [0.25, 0.3) is 21.5 Å². The third kappa shape index (κ3) is 6.47. The molecule has 3 fully saturated rings. The van der Waals surface area contributed by atoms with E-state index in [2.05, 4.69) is 15.0 Å². The maximum absolute atomic E-state index is 15.2. The van der Waals surface area contributed by atoms with E-state index in [4.69, 9.17) is 13.8 Å². The largest absolute Gasteiger partial charge is 0.417 e. The molecule has 47 heavy (non-hydrogen) atoms. The Balaban J connectivity index is 1.08. The monoisotopic (exact) mass is 694 g/mol. The van der Waals surface area contributed by atoms with Crippen LogP contribution in [0.2, 0.25) is 0 Å². The SMILES string of the molecule is O=CN(CCS(=O)(=O)O)c1cc(F)c2nc(N3C4CCC3CC(OCc3c(-c5ccccc5C(F)(F)F)noc3C3CC3)C4)sc2c1. The van der Waals surface area contributed by atoms with Gasteiger partial charge in [-0.15, -0.1) is 0 Å². The summed E-state index contributed by atoms with van der Waals surface area (Å²) in [5.41, 5.74) is 0.179. The van der Waals surface area contributed by atoms with Crippen molar-refractivity contribution in [3.63, 3.8) is 0 Å². The highest BCUT2D eigenvalue weighted by Crippen LogP contribution is 2.47. The second-order valence-corrected chi connectivity index (χ2v) is 14.8. The molecule has 7 rings (SSSR count). The van der Waals surface area contributed by atoms with Crippen molar-refractivity contribution in [2.24, 2.45) is 0 Å². The van der Waals surface area contributed by atoms with E-state index >= 15 is 4.39 Å². The summed E-state index contributed by atoms with van der Waals surface area (Å²) in [6, 6.07) is 8.12. The Labute approximate surface area is 271 Å². The highest BCUT2D eigenvalue weighted by molar-refractivity contribution is 7.85. The highest BCUT2D eigenvalue weighted by Gasteiger charge is 2.43. The molecule has 2 aromatic carbocycles. The average molecular weight is 695 g/mol. The molecule has 16 heteroatoms. The first-order chi connectivity index (χ1) is 22.4. The first kappa shape index (κ1) is 32.0. The van der Waals surface area contributed by atoms with Crippen LogP contribution in [0.4, 0.5) is 28.4 Å². The fourth-order valence-corrected chi connectivity index (χ4v) is 8.33. The van der Waals surface area contributed by atoms with Crippen molar-refractivity contribution in [1.82, 2.24) is 10.1 Å². The number of anilines is 2. The summed E-state index contributed by atoms with van der Waals surface area (Å²) in [4.78, 5) is 19.4. The Bertz CT molecular complexity index is 1910. The number of hydrogen-bond acceptors (Lipinski definition) is 9. The topological polar surface area (TPSA) is 126 Å². The molecule has 0 radical (unpaired) electrons. The summed E-state index contributed by atoms with van der Waals surface area (Å²) in [7, 11) is -4.32. The molecule has 1 saturated carbocycles. The third-order valence-electron chi connectivity index (χ3n) is 9.10. The zero-order valence-electron chi connectivity index (χ0n) is 24.8. The van der Waals surface area contributed by atoms with Crippen LogP contribution in [0.5, 0.6) is 0 Å². The lowest BCUT2D eigenvalue weighted by atomic mass is 9.98. The highest BCUT2D eigenvalue weighted by atomic mass is 32.2. The first-order valence-corrected chi connectivity index (χ1v) is 17.6. The van der Waals surface area contributed by atoms with Crippen LogP contribution in [0, 0.1) is 5.82 Å². The lowest BCUT2D eigenvalue weighted by Crippen LogP contribution is -2.45. The molecule has 2 unspecified atom stereocenters. The van der Waals surface area contributed by atoms with Crippen molar-refractivity contribution in [2.75, 3.05) is 22.1 Å². The number of piperidine rings is 1. The predicted molar refractivity (Wildman–Crippen MR) is 165 cm³/mol. The van der Waals surface area contributed by atoms with E-state index in [1.165, 1.54) is 23.5 Å². The molecule has 2 aromatic heterocycles. The van der Waals surface area contributed by atoms with Gasteiger partial charge in [0.1, 0.15) is 17.0 Å². The molecule has 1 N–H and O–H groups in total. The van der Waals surface area contributed by atoms with Crippen LogP contribution in [0.3, 0.4) is 0 Å². The molecular formula is C31H30F4N4O6S2. The smallest absolute Gasteiger partial charge is 0.373 e. The molecule has 4 heterocycles. The van der Waals surface area contributed by atoms with Gasteiger partial charge in [-0.2, -0.15) is 21.6 Å². The zero-order chi connectivity index (χ0) is 33.1. The summed E-state index contributed by atoms with van der Waals surface area (Å²) >= 11 is 1.27. The summed E-state index contributed by atoms with van der Waals surface area (Å²) < 4.78 is 101. The van der Waals surface area contributed by atoms with Gasteiger partial charge in [-0.25, -0.2) is 9.37 Å². The second-order valence-electron chi connectivity index (χ2n) is 12.2. The lowest BCUT2D eigenvalue weighted by molar-refractivity contribution is -0.137. The second kappa shape index (κ2) is 12.1. The average Bonchev–Trinajstić information content (AvgIpc) is 3.52. The molecule has 2 atom stereocenters. The zero-order valence-corrected chi connectivity index (χ0v) is 26.5. The predicted octanol–water partition coefficient (Wildman–Crippen LogP) is 6.55. The number of ether oxygens (including phenoxy) is 1. The number of halogens is 4. The molecule has 3 aliphatic rings. The molecule has 0 spiro atoms. The maximum Gasteiger partial charge on any atom is 0.417 e. The van der Waals surface area contributed by atoms with E-state index in [-0.39, 0.29) is 59.7 Å². The van der Waals surface area contributed by atoms with Gasteiger partial charge in [0.15, 0.2) is 10.9 Å². The molecule has 4 aromatic rings. The van der Waals surface area contributed by atoms with Gasteiger partial charge in [-0.3, -0.25) is 9.35 Å². The Morgan fingerprint density at radius 2 is 1.85 bits per heavy atom. The Morgan fingerprint density at radius 3 is 2.51 bits per heavy atom. The van der Waals surface area contributed by atoms with E-state index in [0.29, 0.717) is 40.4 Å². The number of alkyl halides is 3. The van der Waals surface area contributed by atoms with E-state index in [0.717, 1.165) is 42.7 Å². The van der Waals surface area contributed by atoms with E-state index in [1.54, 1.807) is 12.1 Å². The molecule has 1 amide bonds.